The number of methoxy groups -OCH3 is 1. The van der Waals surface area contributed by atoms with E-state index in [-0.39, 0.29) is 11.9 Å². The van der Waals surface area contributed by atoms with Crippen molar-refractivity contribution in [1.29, 1.82) is 0 Å². The number of ether oxygens (including phenoxy) is 2. The lowest BCUT2D eigenvalue weighted by molar-refractivity contribution is -0.149. The summed E-state index contributed by atoms with van der Waals surface area (Å²) >= 11 is 5.98. The van der Waals surface area contributed by atoms with E-state index in [2.05, 4.69) is 6.58 Å². The van der Waals surface area contributed by atoms with E-state index in [0.29, 0.717) is 11.4 Å². The number of hydrogen-bond acceptors (Lipinski definition) is 4. The molecule has 3 heterocycles. The van der Waals surface area contributed by atoms with Crippen LogP contribution in [-0.2, 0) is 19.1 Å². The molecule has 6 heteroatoms. The molecule has 0 aliphatic carbocycles. The number of hydrogen-bond donors (Lipinski definition) is 0. The lowest BCUT2D eigenvalue weighted by atomic mass is 9.74. The quantitative estimate of drug-likeness (QED) is 0.612. The van der Waals surface area contributed by atoms with Crippen molar-refractivity contribution in [2.24, 2.45) is 11.8 Å². The zero-order valence-corrected chi connectivity index (χ0v) is 14.5. The second kappa shape index (κ2) is 5.71. The van der Waals surface area contributed by atoms with Crippen LogP contribution in [-0.4, -0.2) is 36.7 Å². The maximum Gasteiger partial charge on any atom is 0.312 e. The minimum atomic E-state index is -0.825. The van der Waals surface area contributed by atoms with Crippen molar-refractivity contribution in [2.45, 2.75) is 24.2 Å². The van der Waals surface area contributed by atoms with E-state index in [4.69, 9.17) is 21.1 Å². The summed E-state index contributed by atoms with van der Waals surface area (Å²) in [6.07, 6.45) is 5.71. The molecule has 1 amide bonds. The summed E-state index contributed by atoms with van der Waals surface area (Å²) in [5, 5.41) is 0.596. The van der Waals surface area contributed by atoms with Gasteiger partial charge in [-0.05, 0) is 30.7 Å². The number of esters is 1. The van der Waals surface area contributed by atoms with Crippen LogP contribution in [0.1, 0.15) is 6.42 Å². The number of nitrogens with zero attached hydrogens (tertiary/aromatic N) is 1. The highest BCUT2D eigenvalue weighted by Crippen LogP contribution is 2.56. The van der Waals surface area contributed by atoms with Crippen molar-refractivity contribution in [2.75, 3.05) is 12.0 Å². The molecule has 3 aliphatic rings. The van der Waals surface area contributed by atoms with Gasteiger partial charge < -0.3 is 14.4 Å². The molecule has 0 saturated carbocycles. The van der Waals surface area contributed by atoms with Crippen molar-refractivity contribution < 1.29 is 19.1 Å². The number of benzene rings is 1. The summed E-state index contributed by atoms with van der Waals surface area (Å²) in [5.74, 6) is -1.75. The predicted molar refractivity (Wildman–Crippen MR) is 93.3 cm³/mol. The second-order valence-corrected chi connectivity index (χ2v) is 6.98. The Morgan fingerprint density at radius 2 is 2.16 bits per heavy atom. The van der Waals surface area contributed by atoms with Crippen LogP contribution in [0.3, 0.4) is 0 Å². The first-order valence-corrected chi connectivity index (χ1v) is 8.56. The minimum absolute atomic E-state index is 0.128. The van der Waals surface area contributed by atoms with Gasteiger partial charge in [-0.25, -0.2) is 0 Å². The summed E-state index contributed by atoms with van der Waals surface area (Å²) < 4.78 is 11.1. The van der Waals surface area contributed by atoms with Crippen LogP contribution in [0.5, 0.6) is 0 Å². The highest BCUT2D eigenvalue weighted by Gasteiger charge is 2.71. The Labute approximate surface area is 150 Å². The van der Waals surface area contributed by atoms with Gasteiger partial charge in [-0.3, -0.25) is 9.59 Å². The average molecular weight is 360 g/mol. The van der Waals surface area contributed by atoms with Gasteiger partial charge in [0.2, 0.25) is 5.91 Å². The molecule has 5 nitrogen and oxygen atoms in total. The lowest BCUT2D eigenvalue weighted by Crippen LogP contribution is -2.45. The highest BCUT2D eigenvalue weighted by molar-refractivity contribution is 6.30. The zero-order valence-electron chi connectivity index (χ0n) is 13.7. The molecular formula is C19H18ClNO4. The lowest BCUT2D eigenvalue weighted by Gasteiger charge is -2.32. The second-order valence-electron chi connectivity index (χ2n) is 6.55. The van der Waals surface area contributed by atoms with Gasteiger partial charge in [-0.1, -0.05) is 29.8 Å². The first kappa shape index (κ1) is 16.4. The predicted octanol–water partition coefficient (Wildman–Crippen LogP) is 2.74. The molecule has 25 heavy (non-hydrogen) atoms. The number of carbonyl (C=O) groups is 2. The van der Waals surface area contributed by atoms with Crippen molar-refractivity contribution in [1.82, 2.24) is 0 Å². The summed E-state index contributed by atoms with van der Waals surface area (Å²) in [7, 11) is 1.34. The standard InChI is InChI=1S/C19H18ClNO4/c1-3-4-14-19-10-9-13(25-19)15(18(23)24-2)16(19)17(22)21(14)12-7-5-11(20)6-8-12/h3,5-10,13-16H,1,4H2,2H3/t13-,14-,15-,16-,19+/m0/s1. The van der Waals surface area contributed by atoms with E-state index >= 15 is 0 Å². The molecule has 1 aromatic carbocycles. The summed E-state index contributed by atoms with van der Waals surface area (Å²) in [6.45, 7) is 3.82. The van der Waals surface area contributed by atoms with Gasteiger partial charge in [-0.15, -0.1) is 6.58 Å². The normalized spacial score (nSPS) is 35.1. The van der Waals surface area contributed by atoms with Gasteiger partial charge in [0, 0.05) is 10.7 Å². The van der Waals surface area contributed by atoms with Gasteiger partial charge in [0.15, 0.2) is 0 Å². The monoisotopic (exact) mass is 359 g/mol. The maximum absolute atomic E-state index is 13.3. The molecule has 2 saturated heterocycles. The van der Waals surface area contributed by atoms with E-state index < -0.39 is 29.5 Å². The fraction of sp³-hybridized carbons (Fsp3) is 0.368. The van der Waals surface area contributed by atoms with Gasteiger partial charge in [-0.2, -0.15) is 0 Å². The third kappa shape index (κ3) is 2.12. The molecule has 2 fully saturated rings. The molecule has 0 unspecified atom stereocenters. The third-order valence-electron chi connectivity index (χ3n) is 5.39. The summed E-state index contributed by atoms with van der Waals surface area (Å²) in [5.41, 5.74) is -0.0943. The zero-order chi connectivity index (χ0) is 17.8. The van der Waals surface area contributed by atoms with Gasteiger partial charge in [0.1, 0.15) is 11.5 Å². The molecule has 1 spiro atoms. The highest BCUT2D eigenvalue weighted by atomic mass is 35.5. The molecule has 3 aliphatic heterocycles. The number of carbonyl (C=O) groups excluding carboxylic acids is 2. The molecular weight excluding hydrogens is 342 g/mol. The van der Waals surface area contributed by atoms with E-state index in [1.807, 2.05) is 12.2 Å². The molecule has 0 radical (unpaired) electrons. The molecule has 5 atom stereocenters. The number of fused-ring (bicyclic) bond motifs is 1. The topological polar surface area (TPSA) is 55.8 Å². The Morgan fingerprint density at radius 1 is 1.44 bits per heavy atom. The molecule has 0 N–H and O–H groups in total. The van der Waals surface area contributed by atoms with Crippen LogP contribution < -0.4 is 4.90 Å². The molecule has 0 aromatic heterocycles. The number of rotatable bonds is 4. The number of halogens is 1. The van der Waals surface area contributed by atoms with Crippen molar-refractivity contribution in [3.05, 3.63) is 54.1 Å². The Kier molecular flexibility index (Phi) is 3.74. The minimum Gasteiger partial charge on any atom is -0.469 e. The van der Waals surface area contributed by atoms with Crippen LogP contribution in [0.2, 0.25) is 5.02 Å². The van der Waals surface area contributed by atoms with Crippen molar-refractivity contribution in [3.8, 4) is 0 Å². The van der Waals surface area contributed by atoms with Crippen LogP contribution in [0.15, 0.2) is 49.1 Å². The fourth-order valence-corrected chi connectivity index (χ4v) is 4.54. The third-order valence-corrected chi connectivity index (χ3v) is 5.64. The number of anilines is 1. The Bertz CT molecular complexity index is 774. The van der Waals surface area contributed by atoms with Crippen molar-refractivity contribution in [3.63, 3.8) is 0 Å². The average Bonchev–Trinajstić information content (AvgIpc) is 3.25. The smallest absolute Gasteiger partial charge is 0.312 e. The van der Waals surface area contributed by atoms with Crippen LogP contribution in [0, 0.1) is 11.8 Å². The van der Waals surface area contributed by atoms with Crippen LogP contribution in [0.4, 0.5) is 5.69 Å². The first-order valence-electron chi connectivity index (χ1n) is 8.18. The van der Waals surface area contributed by atoms with Gasteiger partial charge in [0.05, 0.1) is 25.2 Å². The molecule has 2 bridgehead atoms. The van der Waals surface area contributed by atoms with Crippen LogP contribution in [0.25, 0.3) is 0 Å². The van der Waals surface area contributed by atoms with E-state index in [1.54, 1.807) is 35.2 Å². The molecule has 130 valence electrons. The molecule has 4 rings (SSSR count). The largest absolute Gasteiger partial charge is 0.469 e. The van der Waals surface area contributed by atoms with E-state index in [9.17, 15) is 9.59 Å². The first-order chi connectivity index (χ1) is 12.0. The fourth-order valence-electron chi connectivity index (χ4n) is 4.41. The number of amides is 1. The SMILES string of the molecule is C=CC[C@@H]1N(c2ccc(Cl)cc2)C(=O)[C@@H]2[C@@H](C(=O)OC)[C@@H]3C=C[C@]21O3. The van der Waals surface area contributed by atoms with E-state index in [0.717, 1.165) is 5.69 Å². The van der Waals surface area contributed by atoms with Gasteiger partial charge in [0.25, 0.3) is 0 Å². The molecule has 1 aromatic rings. The Balaban J connectivity index is 1.81. The summed E-state index contributed by atoms with van der Waals surface area (Å²) in [4.78, 5) is 27.3. The Hall–Kier alpha value is -2.11. The van der Waals surface area contributed by atoms with E-state index in [1.165, 1.54) is 7.11 Å². The van der Waals surface area contributed by atoms with Crippen LogP contribution >= 0.6 is 11.6 Å². The van der Waals surface area contributed by atoms with Crippen molar-refractivity contribution >= 4 is 29.2 Å². The van der Waals surface area contributed by atoms with Gasteiger partial charge >= 0.3 is 5.97 Å². The Morgan fingerprint density at radius 3 is 2.80 bits per heavy atom. The summed E-state index contributed by atoms with van der Waals surface area (Å²) in [6, 6.07) is 6.83. The maximum atomic E-state index is 13.3.